The third kappa shape index (κ3) is 1.62. The van der Waals surface area contributed by atoms with Crippen LogP contribution in [-0.2, 0) is 4.32 Å². The Morgan fingerprint density at radius 2 is 2.12 bits per heavy atom. The van der Waals surface area contributed by atoms with E-state index in [0.717, 1.165) is 22.2 Å². The zero-order valence-corrected chi connectivity index (χ0v) is 11.5. The Balaban J connectivity index is 2.01. The second-order valence-corrected chi connectivity index (χ2v) is 6.53. The van der Waals surface area contributed by atoms with Crippen molar-refractivity contribution in [3.05, 3.63) is 22.0 Å². The lowest BCUT2D eigenvalue weighted by atomic mass is 10.3. The molecule has 2 aromatic heterocycles. The van der Waals surface area contributed by atoms with Gasteiger partial charge in [-0.1, -0.05) is 15.9 Å². The van der Waals surface area contributed by atoms with Crippen LogP contribution in [0.2, 0.25) is 0 Å². The van der Waals surface area contributed by atoms with Crippen LogP contribution in [0.3, 0.4) is 0 Å². The van der Waals surface area contributed by atoms with Crippen molar-refractivity contribution in [1.29, 1.82) is 0 Å². The van der Waals surface area contributed by atoms with Crippen molar-refractivity contribution in [2.45, 2.75) is 31.0 Å². The zero-order chi connectivity index (χ0) is 11.3. The predicted octanol–water partition coefficient (Wildman–Crippen LogP) is 3.80. The highest BCUT2D eigenvalue weighted by atomic mass is 79.9. The van der Waals surface area contributed by atoms with Gasteiger partial charge in [0.25, 0.3) is 0 Å². The predicted molar refractivity (Wildman–Crippen MR) is 66.9 cm³/mol. The number of hydrogen-bond acceptors (Lipinski definition) is 4. The molecule has 5 heteroatoms. The standard InChI is InChI=1S/C11H11BrN2OS/c1-6-9(15-7(2)13-6)8-5-16-10(14-8)11(12)3-4-11/h5H,3-4H2,1-2H3. The van der Waals surface area contributed by atoms with Gasteiger partial charge in [-0.15, -0.1) is 11.3 Å². The molecule has 84 valence electrons. The Bertz CT molecular complexity index is 542. The summed E-state index contributed by atoms with van der Waals surface area (Å²) in [7, 11) is 0. The van der Waals surface area contributed by atoms with E-state index in [-0.39, 0.29) is 4.32 Å². The van der Waals surface area contributed by atoms with E-state index in [0.29, 0.717) is 5.89 Å². The van der Waals surface area contributed by atoms with E-state index >= 15 is 0 Å². The lowest BCUT2D eigenvalue weighted by Crippen LogP contribution is -1.93. The maximum absolute atomic E-state index is 5.56. The van der Waals surface area contributed by atoms with E-state index in [1.807, 2.05) is 19.2 Å². The van der Waals surface area contributed by atoms with Gasteiger partial charge in [-0.05, 0) is 19.8 Å². The molecule has 16 heavy (non-hydrogen) atoms. The fraction of sp³-hybridized carbons (Fsp3) is 0.455. The summed E-state index contributed by atoms with van der Waals surface area (Å²) in [6, 6.07) is 0. The van der Waals surface area contributed by atoms with Gasteiger partial charge in [0.15, 0.2) is 11.7 Å². The van der Waals surface area contributed by atoms with Crippen LogP contribution in [0, 0.1) is 13.8 Å². The maximum Gasteiger partial charge on any atom is 0.192 e. The summed E-state index contributed by atoms with van der Waals surface area (Å²) in [5, 5.41) is 3.19. The molecule has 1 saturated carbocycles. The quantitative estimate of drug-likeness (QED) is 0.792. The van der Waals surface area contributed by atoms with Crippen LogP contribution in [0.4, 0.5) is 0 Å². The molecular formula is C11H11BrN2OS. The lowest BCUT2D eigenvalue weighted by molar-refractivity contribution is 0.532. The van der Waals surface area contributed by atoms with Crippen LogP contribution in [-0.4, -0.2) is 9.97 Å². The van der Waals surface area contributed by atoms with Crippen molar-refractivity contribution in [3.8, 4) is 11.5 Å². The number of hydrogen-bond donors (Lipinski definition) is 0. The second kappa shape index (κ2) is 3.40. The van der Waals surface area contributed by atoms with Gasteiger partial charge in [-0.25, -0.2) is 9.97 Å². The Morgan fingerprint density at radius 1 is 1.38 bits per heavy atom. The number of aromatic nitrogens is 2. The van der Waals surface area contributed by atoms with Crippen LogP contribution >= 0.6 is 27.3 Å². The number of thiazole rings is 1. The smallest absolute Gasteiger partial charge is 0.192 e. The fourth-order valence-electron chi connectivity index (χ4n) is 1.68. The average Bonchev–Trinajstić information content (AvgIpc) is 2.70. The molecule has 0 saturated heterocycles. The molecule has 0 bridgehead atoms. The first-order chi connectivity index (χ1) is 7.58. The van der Waals surface area contributed by atoms with Crippen molar-refractivity contribution in [1.82, 2.24) is 9.97 Å². The summed E-state index contributed by atoms with van der Waals surface area (Å²) in [6.07, 6.45) is 2.35. The van der Waals surface area contributed by atoms with E-state index in [1.165, 1.54) is 12.8 Å². The molecule has 1 aliphatic rings. The number of rotatable bonds is 2. The summed E-state index contributed by atoms with van der Waals surface area (Å²) >= 11 is 5.40. The van der Waals surface area contributed by atoms with Gasteiger partial charge in [0.2, 0.25) is 0 Å². The SMILES string of the molecule is Cc1nc(C)c(-c2csc(C3(Br)CC3)n2)o1. The number of aryl methyl sites for hydroxylation is 2. The molecule has 0 radical (unpaired) electrons. The summed E-state index contributed by atoms with van der Waals surface area (Å²) in [5.41, 5.74) is 1.82. The molecule has 1 fully saturated rings. The van der Waals surface area contributed by atoms with Gasteiger partial charge in [-0.3, -0.25) is 0 Å². The summed E-state index contributed by atoms with van der Waals surface area (Å²) in [5.74, 6) is 1.50. The molecule has 3 rings (SSSR count). The van der Waals surface area contributed by atoms with E-state index in [9.17, 15) is 0 Å². The maximum atomic E-state index is 5.56. The van der Waals surface area contributed by atoms with Crippen molar-refractivity contribution >= 4 is 27.3 Å². The summed E-state index contributed by atoms with van der Waals surface area (Å²) < 4.78 is 5.72. The molecule has 2 aromatic rings. The first-order valence-electron chi connectivity index (χ1n) is 5.18. The third-order valence-electron chi connectivity index (χ3n) is 2.71. The Labute approximate surface area is 106 Å². The lowest BCUT2D eigenvalue weighted by Gasteiger charge is -1.98. The Kier molecular flexibility index (Phi) is 2.23. The first-order valence-corrected chi connectivity index (χ1v) is 6.85. The highest BCUT2D eigenvalue weighted by Gasteiger charge is 2.44. The molecule has 0 aliphatic heterocycles. The molecule has 0 aromatic carbocycles. The zero-order valence-electron chi connectivity index (χ0n) is 9.08. The van der Waals surface area contributed by atoms with Crippen LogP contribution in [0.5, 0.6) is 0 Å². The van der Waals surface area contributed by atoms with Crippen molar-refractivity contribution in [3.63, 3.8) is 0 Å². The monoisotopic (exact) mass is 298 g/mol. The van der Waals surface area contributed by atoms with Crippen LogP contribution in [0.1, 0.15) is 29.4 Å². The van der Waals surface area contributed by atoms with E-state index in [1.54, 1.807) is 11.3 Å². The first kappa shape index (κ1) is 10.5. The van der Waals surface area contributed by atoms with Crippen LogP contribution < -0.4 is 0 Å². The number of oxazole rings is 1. The molecule has 0 spiro atoms. The topological polar surface area (TPSA) is 38.9 Å². The average molecular weight is 299 g/mol. The van der Waals surface area contributed by atoms with Gasteiger partial charge in [0.05, 0.1) is 10.0 Å². The minimum Gasteiger partial charge on any atom is -0.439 e. The summed E-state index contributed by atoms with van der Waals surface area (Å²) in [6.45, 7) is 3.81. The fourth-order valence-corrected chi connectivity index (χ4v) is 3.19. The molecule has 0 amide bonds. The largest absolute Gasteiger partial charge is 0.439 e. The van der Waals surface area contributed by atoms with Crippen molar-refractivity contribution in [2.24, 2.45) is 0 Å². The Hall–Kier alpha value is -0.680. The number of halogens is 1. The van der Waals surface area contributed by atoms with E-state index < -0.39 is 0 Å². The summed E-state index contributed by atoms with van der Waals surface area (Å²) in [4.78, 5) is 8.89. The third-order valence-corrected chi connectivity index (χ3v) is 5.19. The normalized spacial score (nSPS) is 17.7. The molecular weight excluding hydrogens is 288 g/mol. The highest BCUT2D eigenvalue weighted by molar-refractivity contribution is 9.09. The molecule has 2 heterocycles. The van der Waals surface area contributed by atoms with E-state index in [4.69, 9.17) is 4.42 Å². The van der Waals surface area contributed by atoms with E-state index in [2.05, 4.69) is 25.9 Å². The van der Waals surface area contributed by atoms with Gasteiger partial charge >= 0.3 is 0 Å². The highest BCUT2D eigenvalue weighted by Crippen LogP contribution is 2.54. The molecule has 0 unspecified atom stereocenters. The van der Waals surface area contributed by atoms with Crippen molar-refractivity contribution in [2.75, 3.05) is 0 Å². The van der Waals surface area contributed by atoms with Crippen LogP contribution in [0.15, 0.2) is 9.80 Å². The van der Waals surface area contributed by atoms with Gasteiger partial charge < -0.3 is 4.42 Å². The minimum absolute atomic E-state index is 0.152. The van der Waals surface area contributed by atoms with Gasteiger partial charge in [-0.2, -0.15) is 0 Å². The minimum atomic E-state index is 0.152. The van der Waals surface area contributed by atoms with Crippen LogP contribution in [0.25, 0.3) is 11.5 Å². The number of alkyl halides is 1. The van der Waals surface area contributed by atoms with Gasteiger partial charge in [0.1, 0.15) is 10.7 Å². The second-order valence-electron chi connectivity index (χ2n) is 4.15. The molecule has 0 atom stereocenters. The molecule has 1 aliphatic carbocycles. The van der Waals surface area contributed by atoms with Crippen molar-refractivity contribution < 1.29 is 4.42 Å². The van der Waals surface area contributed by atoms with Gasteiger partial charge in [0, 0.05) is 12.3 Å². The number of nitrogens with zero attached hydrogens (tertiary/aromatic N) is 2. The molecule has 0 N–H and O–H groups in total. The Morgan fingerprint density at radius 3 is 2.69 bits per heavy atom. The molecule has 3 nitrogen and oxygen atoms in total.